The van der Waals surface area contributed by atoms with Crippen molar-refractivity contribution >= 4 is 15.7 Å². The van der Waals surface area contributed by atoms with Gasteiger partial charge in [0.25, 0.3) is 15.9 Å². The molecule has 1 unspecified atom stereocenters. The van der Waals surface area contributed by atoms with Crippen LogP contribution in [0.2, 0.25) is 0 Å². The maximum atomic E-state index is 14.1. The number of aromatic nitrogens is 2. The molecule has 7 nitrogen and oxygen atoms in total. The second-order valence-electron chi connectivity index (χ2n) is 8.47. The van der Waals surface area contributed by atoms with Crippen LogP contribution in [0.1, 0.15) is 36.6 Å². The van der Waals surface area contributed by atoms with Crippen molar-refractivity contribution in [2.45, 2.75) is 57.3 Å². The van der Waals surface area contributed by atoms with Crippen LogP contribution >= 0.6 is 0 Å². The molecule has 5 rings (SSSR count). The summed E-state index contributed by atoms with van der Waals surface area (Å²) in [4.78, 5) is 0.190. The van der Waals surface area contributed by atoms with Gasteiger partial charge in [0.15, 0.2) is 4.90 Å². The van der Waals surface area contributed by atoms with Crippen molar-refractivity contribution in [3.05, 3.63) is 65.4 Å². The normalized spacial score (nSPS) is 17.9. The average molecular weight is 454 g/mol. The molecule has 0 fully saturated rings. The molecular formula is C24H27N3O4S. The molecule has 32 heavy (non-hydrogen) atoms. The first-order chi connectivity index (χ1) is 15.4. The molecule has 1 aromatic heterocycles. The van der Waals surface area contributed by atoms with Crippen molar-refractivity contribution in [1.29, 1.82) is 0 Å². The summed E-state index contributed by atoms with van der Waals surface area (Å²) >= 11 is 0. The van der Waals surface area contributed by atoms with Crippen LogP contribution in [-0.4, -0.2) is 30.8 Å². The topological polar surface area (TPSA) is 73.7 Å². The molecule has 2 aliphatic rings. The van der Waals surface area contributed by atoms with E-state index in [4.69, 9.17) is 9.47 Å². The van der Waals surface area contributed by atoms with Gasteiger partial charge in [-0.25, -0.2) is 8.42 Å². The second-order valence-corrected chi connectivity index (χ2v) is 10.3. The Morgan fingerprint density at radius 2 is 1.97 bits per heavy atom. The average Bonchev–Trinajstić information content (AvgIpc) is 3.17. The van der Waals surface area contributed by atoms with Gasteiger partial charge in [-0.3, -0.25) is 8.99 Å². The van der Waals surface area contributed by atoms with Gasteiger partial charge in [-0.15, -0.1) is 5.10 Å². The standard InChI is InChI=1S/C24H27N3O4S/c1-17-11-12-22-21(14-17)27(15-18(2)31-22)32(28,29)23-20-10-6-7-13-26(20)25-24(23)30-16-19-8-4-3-5-9-19/h3-5,8-9,11-12,14,18H,6-7,10,13,15-16H2,1-2H3. The minimum absolute atomic E-state index is 0.180. The van der Waals surface area contributed by atoms with E-state index in [1.807, 2.05) is 62.4 Å². The third kappa shape index (κ3) is 3.72. The molecule has 0 saturated heterocycles. The smallest absolute Gasteiger partial charge is 0.271 e. The van der Waals surface area contributed by atoms with Crippen LogP contribution in [0.25, 0.3) is 0 Å². The van der Waals surface area contributed by atoms with Crippen molar-refractivity contribution in [3.8, 4) is 11.6 Å². The number of hydrogen-bond donors (Lipinski definition) is 0. The Kier molecular flexibility index (Phi) is 5.33. The highest BCUT2D eigenvalue weighted by Crippen LogP contribution is 2.41. The Bertz CT molecular complexity index is 1240. The van der Waals surface area contributed by atoms with Crippen molar-refractivity contribution in [2.75, 3.05) is 10.8 Å². The van der Waals surface area contributed by atoms with Crippen LogP contribution in [0.4, 0.5) is 5.69 Å². The summed E-state index contributed by atoms with van der Waals surface area (Å²) in [5, 5.41) is 4.58. The number of aryl methyl sites for hydroxylation is 2. The molecular weight excluding hydrogens is 426 g/mol. The molecule has 0 saturated carbocycles. The summed E-state index contributed by atoms with van der Waals surface area (Å²) in [7, 11) is -3.91. The van der Waals surface area contributed by atoms with Gasteiger partial charge in [-0.05, 0) is 56.4 Å². The number of fused-ring (bicyclic) bond motifs is 2. The largest absolute Gasteiger partial charge is 0.487 e. The van der Waals surface area contributed by atoms with Crippen molar-refractivity contribution in [2.24, 2.45) is 0 Å². The Morgan fingerprint density at radius 1 is 1.16 bits per heavy atom. The third-order valence-corrected chi connectivity index (χ3v) is 7.77. The molecule has 0 aliphatic carbocycles. The summed E-state index contributed by atoms with van der Waals surface area (Å²) in [6.07, 6.45) is 2.31. The van der Waals surface area contributed by atoms with Gasteiger partial charge in [-0.2, -0.15) is 0 Å². The van der Waals surface area contributed by atoms with Crippen LogP contribution in [0, 0.1) is 6.92 Å². The lowest BCUT2D eigenvalue weighted by molar-refractivity contribution is 0.219. The van der Waals surface area contributed by atoms with Gasteiger partial charge < -0.3 is 9.47 Å². The highest BCUT2D eigenvalue weighted by molar-refractivity contribution is 7.93. The lowest BCUT2D eigenvalue weighted by atomic mass is 10.1. The monoisotopic (exact) mass is 453 g/mol. The summed E-state index contributed by atoms with van der Waals surface area (Å²) in [6.45, 7) is 5.02. The molecule has 0 amide bonds. The Labute approximate surface area is 188 Å². The molecule has 2 aliphatic heterocycles. The van der Waals surface area contributed by atoms with Crippen LogP contribution in [0.3, 0.4) is 0 Å². The van der Waals surface area contributed by atoms with Gasteiger partial charge in [0.2, 0.25) is 0 Å². The first-order valence-electron chi connectivity index (χ1n) is 11.0. The first-order valence-corrected chi connectivity index (χ1v) is 12.4. The Hall–Kier alpha value is -3.00. The van der Waals surface area contributed by atoms with E-state index in [1.165, 1.54) is 4.31 Å². The number of anilines is 1. The first kappa shape index (κ1) is 20.9. The molecule has 168 valence electrons. The summed E-state index contributed by atoms with van der Waals surface area (Å²) in [5.74, 6) is 0.754. The zero-order valence-electron chi connectivity index (χ0n) is 18.3. The van der Waals surface area contributed by atoms with Crippen LogP contribution in [-0.2, 0) is 29.6 Å². The maximum absolute atomic E-state index is 14.1. The molecule has 0 radical (unpaired) electrons. The summed E-state index contributed by atoms with van der Waals surface area (Å²) < 4.78 is 43.4. The molecule has 8 heteroatoms. The van der Waals surface area contributed by atoms with Gasteiger partial charge >= 0.3 is 0 Å². The highest BCUT2D eigenvalue weighted by Gasteiger charge is 2.39. The zero-order chi connectivity index (χ0) is 22.3. The van der Waals surface area contributed by atoms with Crippen molar-refractivity contribution < 1.29 is 17.9 Å². The van der Waals surface area contributed by atoms with E-state index < -0.39 is 10.0 Å². The van der Waals surface area contributed by atoms with E-state index >= 15 is 0 Å². The van der Waals surface area contributed by atoms with Gasteiger partial charge in [0.1, 0.15) is 18.5 Å². The van der Waals surface area contributed by atoms with Crippen molar-refractivity contribution in [1.82, 2.24) is 9.78 Å². The Morgan fingerprint density at radius 3 is 2.78 bits per heavy atom. The fourth-order valence-corrected chi connectivity index (χ4v) is 6.22. The number of sulfonamides is 1. The SMILES string of the molecule is Cc1ccc2c(c1)N(S(=O)(=O)c1c(OCc3ccccc3)nn3c1CCCC3)CC(C)O2. The lowest BCUT2D eigenvalue weighted by Crippen LogP contribution is -2.42. The molecule has 0 bridgehead atoms. The minimum Gasteiger partial charge on any atom is -0.487 e. The molecule has 3 heterocycles. The predicted molar refractivity (Wildman–Crippen MR) is 122 cm³/mol. The van der Waals surface area contributed by atoms with Gasteiger partial charge in [0.05, 0.1) is 17.9 Å². The number of rotatable bonds is 5. The predicted octanol–water partition coefficient (Wildman–Crippen LogP) is 4.08. The van der Waals surface area contributed by atoms with Crippen molar-refractivity contribution in [3.63, 3.8) is 0 Å². The zero-order valence-corrected chi connectivity index (χ0v) is 19.1. The lowest BCUT2D eigenvalue weighted by Gasteiger charge is -2.34. The van der Waals surface area contributed by atoms with Crippen LogP contribution in [0.15, 0.2) is 53.4 Å². The van der Waals surface area contributed by atoms with E-state index in [-0.39, 0.29) is 30.0 Å². The molecule has 0 spiro atoms. The van der Waals surface area contributed by atoms with E-state index in [2.05, 4.69) is 5.10 Å². The fraction of sp³-hybridized carbons (Fsp3) is 0.375. The van der Waals surface area contributed by atoms with E-state index in [1.54, 1.807) is 4.68 Å². The van der Waals surface area contributed by atoms with Crippen LogP contribution in [0.5, 0.6) is 11.6 Å². The number of nitrogens with zero attached hydrogens (tertiary/aromatic N) is 3. The molecule has 2 aromatic carbocycles. The maximum Gasteiger partial charge on any atom is 0.271 e. The number of hydrogen-bond acceptors (Lipinski definition) is 5. The second kappa shape index (κ2) is 8.16. The molecule has 0 N–H and O–H groups in total. The minimum atomic E-state index is -3.91. The molecule has 1 atom stereocenters. The molecule has 3 aromatic rings. The summed E-state index contributed by atoms with van der Waals surface area (Å²) in [6, 6.07) is 15.3. The van der Waals surface area contributed by atoms with E-state index in [9.17, 15) is 8.42 Å². The third-order valence-electron chi connectivity index (χ3n) is 5.91. The fourth-order valence-electron chi connectivity index (χ4n) is 4.36. The highest BCUT2D eigenvalue weighted by atomic mass is 32.2. The number of benzene rings is 2. The van der Waals surface area contributed by atoms with Gasteiger partial charge in [-0.1, -0.05) is 36.4 Å². The Balaban J connectivity index is 1.59. The number of ether oxygens (including phenoxy) is 2. The summed E-state index contributed by atoms with van der Waals surface area (Å²) in [5.41, 5.74) is 3.23. The quantitative estimate of drug-likeness (QED) is 0.582. The van der Waals surface area contributed by atoms with E-state index in [0.29, 0.717) is 24.4 Å². The van der Waals surface area contributed by atoms with Gasteiger partial charge in [0, 0.05) is 6.54 Å². The van der Waals surface area contributed by atoms with Crippen LogP contribution < -0.4 is 13.8 Å². The van der Waals surface area contributed by atoms with E-state index in [0.717, 1.165) is 29.7 Å².